The van der Waals surface area contributed by atoms with Crippen molar-refractivity contribution in [2.45, 2.75) is 39.4 Å². The number of halogens is 3. The van der Waals surface area contributed by atoms with Crippen LogP contribution in [0.25, 0.3) is 0 Å². The minimum absolute atomic E-state index is 0.0256. The van der Waals surface area contributed by atoms with Crippen LogP contribution in [0, 0.1) is 11.6 Å². The highest BCUT2D eigenvalue weighted by Gasteiger charge is 2.31. The third-order valence-electron chi connectivity index (χ3n) is 4.77. The largest absolute Gasteiger partial charge is 0.352 e. The lowest BCUT2D eigenvalue weighted by Crippen LogP contribution is -2.52. The molecule has 0 saturated heterocycles. The minimum atomic E-state index is -3.99. The standard InChI is InChI=1S/C22H26ClF2N3O4S/c1-14(2)26-22(30)15(3)27(12-16-7-5-6-8-19(16)24)21(29)13-28(33(4,31)32)17-9-10-20(25)18(23)11-17/h5-11,14-15H,12-13H2,1-4H3,(H,26,30)/t15-/m0/s1. The Morgan fingerprint density at radius 3 is 2.24 bits per heavy atom. The van der Waals surface area contributed by atoms with Gasteiger partial charge in [-0.2, -0.15) is 0 Å². The quantitative estimate of drug-likeness (QED) is 0.571. The van der Waals surface area contributed by atoms with E-state index in [2.05, 4.69) is 5.32 Å². The lowest BCUT2D eigenvalue weighted by molar-refractivity contribution is -0.139. The Morgan fingerprint density at radius 2 is 1.70 bits per heavy atom. The molecule has 0 aromatic heterocycles. The molecule has 0 bridgehead atoms. The number of carbonyl (C=O) groups is 2. The van der Waals surface area contributed by atoms with Gasteiger partial charge in [-0.05, 0) is 45.0 Å². The van der Waals surface area contributed by atoms with Crippen LogP contribution in [0.5, 0.6) is 0 Å². The maximum Gasteiger partial charge on any atom is 0.244 e. The van der Waals surface area contributed by atoms with E-state index in [1.54, 1.807) is 19.9 Å². The van der Waals surface area contributed by atoms with E-state index in [1.807, 2.05) is 0 Å². The van der Waals surface area contributed by atoms with Gasteiger partial charge >= 0.3 is 0 Å². The van der Waals surface area contributed by atoms with E-state index in [9.17, 15) is 26.8 Å². The van der Waals surface area contributed by atoms with Crippen molar-refractivity contribution < 1.29 is 26.8 Å². The first-order valence-corrected chi connectivity index (χ1v) is 12.3. The number of sulfonamides is 1. The second kappa shape index (κ2) is 10.9. The molecule has 1 N–H and O–H groups in total. The summed E-state index contributed by atoms with van der Waals surface area (Å²) in [6, 6.07) is 7.77. The molecule has 1 atom stereocenters. The molecule has 2 amide bonds. The summed E-state index contributed by atoms with van der Waals surface area (Å²) in [6.07, 6.45) is 0.883. The molecule has 0 aliphatic carbocycles. The highest BCUT2D eigenvalue weighted by molar-refractivity contribution is 7.92. The normalized spacial score (nSPS) is 12.4. The number of hydrogen-bond acceptors (Lipinski definition) is 4. The Bertz CT molecular complexity index is 1130. The first kappa shape index (κ1) is 26.5. The van der Waals surface area contributed by atoms with Crippen LogP contribution in [0.4, 0.5) is 14.5 Å². The van der Waals surface area contributed by atoms with Gasteiger partial charge in [-0.25, -0.2) is 17.2 Å². The van der Waals surface area contributed by atoms with Gasteiger partial charge in [-0.3, -0.25) is 13.9 Å². The number of nitrogens with zero attached hydrogens (tertiary/aromatic N) is 2. The number of benzene rings is 2. The van der Waals surface area contributed by atoms with Crippen LogP contribution in [-0.4, -0.2) is 50.0 Å². The highest BCUT2D eigenvalue weighted by Crippen LogP contribution is 2.25. The zero-order valence-corrected chi connectivity index (χ0v) is 20.3. The van der Waals surface area contributed by atoms with Gasteiger partial charge in [0, 0.05) is 18.2 Å². The lowest BCUT2D eigenvalue weighted by Gasteiger charge is -2.32. The van der Waals surface area contributed by atoms with Crippen LogP contribution >= 0.6 is 11.6 Å². The van der Waals surface area contributed by atoms with Crippen LogP contribution in [0.3, 0.4) is 0 Å². The molecule has 0 fully saturated rings. The summed E-state index contributed by atoms with van der Waals surface area (Å²) in [5.74, 6) is -2.56. The van der Waals surface area contributed by atoms with E-state index in [1.165, 1.54) is 31.2 Å². The van der Waals surface area contributed by atoms with Crippen molar-refractivity contribution in [1.29, 1.82) is 0 Å². The van der Waals surface area contributed by atoms with Crippen LogP contribution in [0.15, 0.2) is 42.5 Å². The highest BCUT2D eigenvalue weighted by atomic mass is 35.5. The Hall–Kier alpha value is -2.72. The molecule has 11 heteroatoms. The van der Waals surface area contributed by atoms with Crippen molar-refractivity contribution in [3.8, 4) is 0 Å². The van der Waals surface area contributed by atoms with Crippen LogP contribution in [-0.2, 0) is 26.2 Å². The maximum atomic E-state index is 14.3. The number of rotatable bonds is 9. The van der Waals surface area contributed by atoms with Gasteiger partial charge in [-0.1, -0.05) is 29.8 Å². The Kier molecular flexibility index (Phi) is 8.79. The van der Waals surface area contributed by atoms with Gasteiger partial charge in [0.2, 0.25) is 21.8 Å². The second-order valence-corrected chi connectivity index (χ2v) is 10.1. The van der Waals surface area contributed by atoms with Crippen molar-refractivity contribution in [3.63, 3.8) is 0 Å². The average Bonchev–Trinajstić information content (AvgIpc) is 2.71. The molecule has 0 unspecified atom stereocenters. The van der Waals surface area contributed by atoms with E-state index in [-0.39, 0.29) is 28.9 Å². The lowest BCUT2D eigenvalue weighted by atomic mass is 10.1. The van der Waals surface area contributed by atoms with Gasteiger partial charge in [0.1, 0.15) is 24.2 Å². The minimum Gasteiger partial charge on any atom is -0.352 e. The molecule has 0 aliphatic heterocycles. The fourth-order valence-corrected chi connectivity index (χ4v) is 4.07. The van der Waals surface area contributed by atoms with E-state index in [0.717, 1.165) is 27.6 Å². The summed E-state index contributed by atoms with van der Waals surface area (Å²) in [6.45, 7) is 4.00. The summed E-state index contributed by atoms with van der Waals surface area (Å²) >= 11 is 5.79. The Morgan fingerprint density at radius 1 is 1.06 bits per heavy atom. The number of hydrogen-bond donors (Lipinski definition) is 1. The molecular weight excluding hydrogens is 476 g/mol. The fraction of sp³-hybridized carbons (Fsp3) is 0.364. The third-order valence-corrected chi connectivity index (χ3v) is 6.20. The second-order valence-electron chi connectivity index (χ2n) is 7.82. The van der Waals surface area contributed by atoms with Gasteiger partial charge in [0.05, 0.1) is 17.0 Å². The fourth-order valence-electron chi connectivity index (χ4n) is 3.05. The Balaban J connectivity index is 2.43. The summed E-state index contributed by atoms with van der Waals surface area (Å²) in [5, 5.41) is 2.37. The predicted octanol–water partition coefficient (Wildman–Crippen LogP) is 3.33. The molecule has 0 spiro atoms. The summed E-state index contributed by atoms with van der Waals surface area (Å²) < 4.78 is 53.5. The maximum absolute atomic E-state index is 14.3. The van der Waals surface area contributed by atoms with Gasteiger partial charge < -0.3 is 10.2 Å². The zero-order valence-electron chi connectivity index (χ0n) is 18.7. The van der Waals surface area contributed by atoms with Crippen molar-refractivity contribution in [1.82, 2.24) is 10.2 Å². The number of anilines is 1. The molecule has 0 heterocycles. The number of nitrogens with one attached hydrogen (secondary N) is 1. The molecule has 0 saturated carbocycles. The SMILES string of the molecule is CC(C)NC(=O)[C@H](C)N(Cc1ccccc1F)C(=O)CN(c1ccc(F)c(Cl)c1)S(C)(=O)=O. The molecule has 180 valence electrons. The van der Waals surface area contributed by atoms with Gasteiger partial charge in [0.15, 0.2) is 0 Å². The van der Waals surface area contributed by atoms with Crippen LogP contribution in [0.1, 0.15) is 26.3 Å². The number of carbonyl (C=O) groups excluding carboxylic acids is 2. The molecule has 33 heavy (non-hydrogen) atoms. The van der Waals surface area contributed by atoms with Crippen LogP contribution < -0.4 is 9.62 Å². The van der Waals surface area contributed by atoms with E-state index < -0.39 is 46.1 Å². The van der Waals surface area contributed by atoms with E-state index in [4.69, 9.17) is 11.6 Å². The topological polar surface area (TPSA) is 86.8 Å². The molecule has 2 rings (SSSR count). The van der Waals surface area contributed by atoms with E-state index >= 15 is 0 Å². The van der Waals surface area contributed by atoms with Crippen molar-refractivity contribution >= 4 is 39.1 Å². The monoisotopic (exact) mass is 501 g/mol. The smallest absolute Gasteiger partial charge is 0.244 e. The first-order valence-electron chi connectivity index (χ1n) is 10.1. The summed E-state index contributed by atoms with van der Waals surface area (Å²) in [7, 11) is -3.99. The molecule has 0 aliphatic rings. The summed E-state index contributed by atoms with van der Waals surface area (Å²) in [4.78, 5) is 27.0. The first-order chi connectivity index (χ1) is 15.3. The molecule has 7 nitrogen and oxygen atoms in total. The zero-order chi connectivity index (χ0) is 24.9. The van der Waals surface area contributed by atoms with Gasteiger partial charge in [-0.15, -0.1) is 0 Å². The molecular formula is C22H26ClF2N3O4S. The predicted molar refractivity (Wildman–Crippen MR) is 123 cm³/mol. The van der Waals surface area contributed by atoms with Crippen molar-refractivity contribution in [2.24, 2.45) is 0 Å². The van der Waals surface area contributed by atoms with E-state index in [0.29, 0.717) is 0 Å². The Labute approximate surface area is 197 Å². The van der Waals surface area contributed by atoms with Crippen LogP contribution in [0.2, 0.25) is 5.02 Å². The molecule has 0 radical (unpaired) electrons. The number of amides is 2. The van der Waals surface area contributed by atoms with Crippen molar-refractivity contribution in [2.75, 3.05) is 17.1 Å². The molecule has 2 aromatic rings. The average molecular weight is 502 g/mol. The van der Waals surface area contributed by atoms with Crippen molar-refractivity contribution in [3.05, 3.63) is 64.7 Å². The summed E-state index contributed by atoms with van der Waals surface area (Å²) in [5.41, 5.74) is 0.133. The third kappa shape index (κ3) is 7.13. The molecule has 2 aromatic carbocycles. The van der Waals surface area contributed by atoms with Gasteiger partial charge in [0.25, 0.3) is 0 Å².